The van der Waals surface area contributed by atoms with Gasteiger partial charge in [0, 0.05) is 27.6 Å². The number of rotatable bonds is 6. The van der Waals surface area contributed by atoms with Crippen molar-refractivity contribution in [1.29, 1.82) is 0 Å². The van der Waals surface area contributed by atoms with Gasteiger partial charge in [0.2, 0.25) is 0 Å². The number of benzene rings is 7. The summed E-state index contributed by atoms with van der Waals surface area (Å²) in [6, 6.07) is 67.9. The summed E-state index contributed by atoms with van der Waals surface area (Å²) in [5.41, 5.74) is 15.7. The minimum Gasteiger partial charge on any atom is -0.306 e. The molecule has 0 radical (unpaired) electrons. The lowest BCUT2D eigenvalue weighted by Crippen LogP contribution is -1.97. The van der Waals surface area contributed by atoms with E-state index in [1.165, 1.54) is 22.0 Å². The predicted octanol–water partition coefficient (Wildman–Crippen LogP) is 12.4. The van der Waals surface area contributed by atoms with Crippen LogP contribution in [0, 0.1) is 0 Å². The second-order valence-electron chi connectivity index (χ2n) is 13.3. The van der Waals surface area contributed by atoms with Gasteiger partial charge in [-0.1, -0.05) is 152 Å². The van der Waals surface area contributed by atoms with Gasteiger partial charge in [0.1, 0.15) is 0 Å². The highest BCUT2D eigenvalue weighted by Gasteiger charge is 2.16. The molecule has 0 aliphatic carbocycles. The summed E-state index contributed by atoms with van der Waals surface area (Å²) >= 11 is 0. The molecule has 0 aliphatic rings. The van der Waals surface area contributed by atoms with Gasteiger partial charge >= 0.3 is 0 Å². The van der Waals surface area contributed by atoms with Gasteiger partial charge in [0.05, 0.1) is 39.1 Å². The van der Waals surface area contributed by atoms with Crippen molar-refractivity contribution in [2.45, 2.75) is 0 Å². The monoisotopic (exact) mass is 676 g/mol. The molecule has 10 aromatic rings. The second-order valence-corrected chi connectivity index (χ2v) is 13.3. The first kappa shape index (κ1) is 30.6. The Hall–Kier alpha value is -7.17. The van der Waals surface area contributed by atoms with Crippen molar-refractivity contribution in [3.8, 4) is 67.4 Å². The number of fused-ring (bicyclic) bond motifs is 5. The lowest BCUT2D eigenvalue weighted by atomic mass is 9.99. The summed E-state index contributed by atoms with van der Waals surface area (Å²) in [4.78, 5) is 15.6. The Balaban J connectivity index is 1.11. The van der Waals surface area contributed by atoms with E-state index < -0.39 is 0 Å². The predicted molar refractivity (Wildman–Crippen MR) is 218 cm³/mol. The lowest BCUT2D eigenvalue weighted by Gasteiger charge is -2.12. The molecule has 53 heavy (non-hydrogen) atoms. The molecule has 0 bridgehead atoms. The van der Waals surface area contributed by atoms with Crippen molar-refractivity contribution in [3.63, 3.8) is 0 Å². The zero-order valence-electron chi connectivity index (χ0n) is 28.8. The molecule has 3 aromatic heterocycles. The van der Waals surface area contributed by atoms with Crippen molar-refractivity contribution < 1.29 is 0 Å². The fourth-order valence-corrected chi connectivity index (χ4v) is 7.35. The SMILES string of the molecule is c1ccc(-c2cccc(-c3cc(-c4cccc(-c5ccccc5)c4)nc(-c4ccc(-c5nc6ccccc6n6c5cc5ccccc56)cc4)n3)c2)cc1. The topological polar surface area (TPSA) is 43.1 Å². The minimum absolute atomic E-state index is 0.671. The molecule has 0 N–H and O–H groups in total. The highest BCUT2D eigenvalue weighted by atomic mass is 14.9. The van der Waals surface area contributed by atoms with E-state index in [4.69, 9.17) is 15.0 Å². The normalized spacial score (nSPS) is 11.4. The van der Waals surface area contributed by atoms with E-state index in [0.29, 0.717) is 5.82 Å². The van der Waals surface area contributed by atoms with Gasteiger partial charge in [0.15, 0.2) is 5.82 Å². The van der Waals surface area contributed by atoms with Crippen molar-refractivity contribution in [2.75, 3.05) is 0 Å². The molecule has 0 saturated heterocycles. The third-order valence-electron chi connectivity index (χ3n) is 9.98. The fourth-order valence-electron chi connectivity index (χ4n) is 7.35. The maximum atomic E-state index is 5.21. The molecule has 0 atom stereocenters. The molecule has 4 heteroatoms. The molecular weight excluding hydrogens is 645 g/mol. The van der Waals surface area contributed by atoms with Crippen molar-refractivity contribution in [1.82, 2.24) is 19.4 Å². The van der Waals surface area contributed by atoms with E-state index in [-0.39, 0.29) is 0 Å². The molecule has 0 spiro atoms. The fraction of sp³-hybridized carbons (Fsp3) is 0. The summed E-state index contributed by atoms with van der Waals surface area (Å²) in [7, 11) is 0. The first-order valence-corrected chi connectivity index (χ1v) is 17.9. The Morgan fingerprint density at radius 1 is 0.302 bits per heavy atom. The van der Waals surface area contributed by atoms with Gasteiger partial charge in [-0.15, -0.1) is 0 Å². The number of hydrogen-bond acceptors (Lipinski definition) is 3. The van der Waals surface area contributed by atoms with Gasteiger partial charge in [-0.25, -0.2) is 15.0 Å². The van der Waals surface area contributed by atoms with Gasteiger partial charge in [-0.3, -0.25) is 0 Å². The number of nitrogens with zero attached hydrogens (tertiary/aromatic N) is 4. The molecule has 0 unspecified atom stereocenters. The van der Waals surface area contributed by atoms with Crippen LogP contribution in [0.1, 0.15) is 0 Å². The third-order valence-corrected chi connectivity index (χ3v) is 9.98. The molecule has 10 rings (SSSR count). The van der Waals surface area contributed by atoms with Crippen LogP contribution in [0.4, 0.5) is 0 Å². The van der Waals surface area contributed by atoms with Crippen molar-refractivity contribution >= 4 is 27.5 Å². The molecular formula is C49H32N4. The Morgan fingerprint density at radius 2 is 0.811 bits per heavy atom. The molecule has 0 saturated carbocycles. The van der Waals surface area contributed by atoms with E-state index in [9.17, 15) is 0 Å². The number of para-hydroxylation sites is 3. The third kappa shape index (κ3) is 5.63. The van der Waals surface area contributed by atoms with Crippen LogP contribution in [-0.4, -0.2) is 19.4 Å². The van der Waals surface area contributed by atoms with E-state index in [2.05, 4.69) is 180 Å². The minimum atomic E-state index is 0.671. The summed E-state index contributed by atoms with van der Waals surface area (Å²) in [6.45, 7) is 0. The van der Waals surface area contributed by atoms with Crippen LogP contribution in [0.3, 0.4) is 0 Å². The smallest absolute Gasteiger partial charge is 0.160 e. The summed E-state index contributed by atoms with van der Waals surface area (Å²) < 4.78 is 2.33. The van der Waals surface area contributed by atoms with E-state index in [0.717, 1.165) is 67.0 Å². The lowest BCUT2D eigenvalue weighted by molar-refractivity contribution is 1.18. The van der Waals surface area contributed by atoms with Crippen LogP contribution >= 0.6 is 0 Å². The van der Waals surface area contributed by atoms with E-state index >= 15 is 0 Å². The molecule has 3 heterocycles. The standard InChI is InChI=1S/C49H32N4/c1-3-13-33(14-4-1)37-18-11-20-39(29-37)43-32-44(40-21-12-19-38(30-40)34-15-5-2-6-16-34)52-49(51-43)36-27-25-35(26-28-36)48-47-31-41-17-7-9-23-45(41)53(47)46-24-10-8-22-42(46)50-48/h1-32H. The maximum absolute atomic E-state index is 5.21. The Labute approximate surface area is 307 Å². The van der Waals surface area contributed by atoms with Crippen molar-refractivity contribution in [3.05, 3.63) is 194 Å². The number of hydrogen-bond donors (Lipinski definition) is 0. The number of aromatic nitrogens is 4. The second kappa shape index (κ2) is 12.9. The van der Waals surface area contributed by atoms with Gasteiger partial charge in [-0.05, 0) is 64.7 Å². The Morgan fingerprint density at radius 3 is 1.45 bits per heavy atom. The van der Waals surface area contributed by atoms with Crippen LogP contribution < -0.4 is 0 Å². The van der Waals surface area contributed by atoms with Gasteiger partial charge < -0.3 is 4.40 Å². The highest BCUT2D eigenvalue weighted by Crippen LogP contribution is 2.35. The van der Waals surface area contributed by atoms with E-state index in [1.807, 2.05) is 18.2 Å². The van der Waals surface area contributed by atoms with Crippen LogP contribution in [0.15, 0.2) is 194 Å². The molecule has 4 nitrogen and oxygen atoms in total. The Kier molecular flexibility index (Phi) is 7.43. The van der Waals surface area contributed by atoms with Crippen LogP contribution in [-0.2, 0) is 0 Å². The molecule has 248 valence electrons. The first-order valence-electron chi connectivity index (χ1n) is 17.9. The van der Waals surface area contributed by atoms with Crippen LogP contribution in [0.2, 0.25) is 0 Å². The maximum Gasteiger partial charge on any atom is 0.160 e. The zero-order valence-corrected chi connectivity index (χ0v) is 28.8. The molecule has 0 amide bonds. The first-order chi connectivity index (χ1) is 26.2. The molecule has 7 aromatic carbocycles. The largest absolute Gasteiger partial charge is 0.306 e. The average Bonchev–Trinajstić information content (AvgIpc) is 3.64. The molecule has 0 aliphatic heterocycles. The quantitative estimate of drug-likeness (QED) is 0.176. The summed E-state index contributed by atoms with van der Waals surface area (Å²) in [5, 5.41) is 1.19. The average molecular weight is 677 g/mol. The summed E-state index contributed by atoms with van der Waals surface area (Å²) in [5.74, 6) is 0.671. The zero-order chi connectivity index (χ0) is 35.1. The van der Waals surface area contributed by atoms with Gasteiger partial charge in [0.25, 0.3) is 0 Å². The highest BCUT2D eigenvalue weighted by molar-refractivity contribution is 5.98. The van der Waals surface area contributed by atoms with Crippen LogP contribution in [0.25, 0.3) is 94.9 Å². The van der Waals surface area contributed by atoms with Crippen LogP contribution in [0.5, 0.6) is 0 Å². The van der Waals surface area contributed by atoms with E-state index in [1.54, 1.807) is 0 Å². The Bertz CT molecular complexity index is 2830. The van der Waals surface area contributed by atoms with Gasteiger partial charge in [-0.2, -0.15) is 0 Å². The van der Waals surface area contributed by atoms with Crippen molar-refractivity contribution in [2.24, 2.45) is 0 Å². The molecule has 0 fully saturated rings. The summed E-state index contributed by atoms with van der Waals surface area (Å²) in [6.07, 6.45) is 0.